The third-order valence-electron chi connectivity index (χ3n) is 5.43. The van der Waals surface area contributed by atoms with Gasteiger partial charge in [0.25, 0.3) is 0 Å². The molecule has 1 unspecified atom stereocenters. The lowest BCUT2D eigenvalue weighted by Gasteiger charge is -2.33. The van der Waals surface area contributed by atoms with Gasteiger partial charge in [0.1, 0.15) is 11.0 Å². The predicted octanol–water partition coefficient (Wildman–Crippen LogP) is 5.32. The fourth-order valence-electron chi connectivity index (χ4n) is 3.58. The monoisotopic (exact) mass is 519 g/mol. The van der Waals surface area contributed by atoms with E-state index in [0.717, 1.165) is 34.4 Å². The van der Waals surface area contributed by atoms with E-state index in [-0.39, 0.29) is 24.4 Å². The first-order valence-corrected chi connectivity index (χ1v) is 11.4. The van der Waals surface area contributed by atoms with Gasteiger partial charge in [0.15, 0.2) is 0 Å². The number of alkyl halides is 5. The van der Waals surface area contributed by atoms with Gasteiger partial charge in [-0.3, -0.25) is 0 Å². The van der Waals surface area contributed by atoms with E-state index < -0.39 is 47.4 Å². The van der Waals surface area contributed by atoms with E-state index in [2.05, 4.69) is 0 Å². The molecule has 35 heavy (non-hydrogen) atoms. The van der Waals surface area contributed by atoms with E-state index in [9.17, 15) is 36.6 Å². The average Bonchev–Trinajstić information content (AvgIpc) is 3.27. The lowest BCUT2D eigenvalue weighted by atomic mass is 9.99. The summed E-state index contributed by atoms with van der Waals surface area (Å²) in [6.07, 6.45) is -4.71. The van der Waals surface area contributed by atoms with Gasteiger partial charge in [-0.25, -0.2) is 9.59 Å². The number of amides is 1. The highest BCUT2D eigenvalue weighted by atomic mass is 32.1. The van der Waals surface area contributed by atoms with Gasteiger partial charge in [-0.2, -0.15) is 22.0 Å². The van der Waals surface area contributed by atoms with Crippen molar-refractivity contribution in [3.8, 4) is 0 Å². The first-order chi connectivity index (χ1) is 16.4. The Bertz CT molecular complexity index is 1080. The first-order valence-electron chi connectivity index (χ1n) is 10.6. The van der Waals surface area contributed by atoms with Crippen LogP contribution in [0.2, 0.25) is 0 Å². The fraction of sp³-hybridized carbons (Fsp3) is 0.391. The summed E-state index contributed by atoms with van der Waals surface area (Å²) >= 11 is 1.11. The smallest absolute Gasteiger partial charge is 0.416 e. The minimum atomic E-state index is -4.81. The van der Waals surface area contributed by atoms with Gasteiger partial charge >= 0.3 is 24.2 Å². The number of carboxylic acids is 1. The molecule has 1 saturated heterocycles. The number of thiophene rings is 1. The van der Waals surface area contributed by atoms with E-state index in [1.165, 1.54) is 17.0 Å². The molecular weight excluding hydrogens is 497 g/mol. The Morgan fingerprint density at radius 1 is 1.20 bits per heavy atom. The fourth-order valence-corrected chi connectivity index (χ4v) is 4.47. The summed E-state index contributed by atoms with van der Waals surface area (Å²) in [6.45, 7) is 0.228. The summed E-state index contributed by atoms with van der Waals surface area (Å²) in [5, 5.41) is 19.1. The molecular formula is C23H22F5NO5S. The summed E-state index contributed by atoms with van der Waals surface area (Å²) in [4.78, 5) is 25.5. The molecule has 1 aliphatic heterocycles. The number of carboxylic acid groups (broad SMARTS) is 1. The second-order valence-electron chi connectivity index (χ2n) is 7.87. The van der Waals surface area contributed by atoms with Gasteiger partial charge in [-0.1, -0.05) is 24.3 Å². The molecule has 0 saturated carbocycles. The maximum atomic E-state index is 14.7. The Hall–Kier alpha value is -2.99. The molecule has 2 aromatic rings. The van der Waals surface area contributed by atoms with Gasteiger partial charge in [0.2, 0.25) is 0 Å². The molecule has 12 heteroatoms. The third kappa shape index (κ3) is 6.57. The number of nitrogens with zero attached hydrogens (tertiary/aromatic N) is 1. The van der Waals surface area contributed by atoms with Crippen molar-refractivity contribution < 1.29 is 46.5 Å². The zero-order valence-electron chi connectivity index (χ0n) is 18.2. The molecule has 2 atom stereocenters. The number of aryl methyl sites for hydroxylation is 1. The summed E-state index contributed by atoms with van der Waals surface area (Å²) < 4.78 is 73.0. The van der Waals surface area contributed by atoms with Crippen molar-refractivity contribution in [2.45, 2.75) is 43.5 Å². The number of cyclic esters (lactones) is 1. The largest absolute Gasteiger partial charge is 0.477 e. The normalized spacial score (nSPS) is 18.1. The summed E-state index contributed by atoms with van der Waals surface area (Å²) in [5.41, 5.74) is -2.24. The van der Waals surface area contributed by atoms with Crippen molar-refractivity contribution in [3.05, 3.63) is 69.4 Å². The number of rotatable bonds is 9. The molecule has 1 aromatic carbocycles. The molecule has 1 amide bonds. The highest BCUT2D eigenvalue weighted by Gasteiger charge is 2.41. The van der Waals surface area contributed by atoms with Crippen LogP contribution in [0.5, 0.6) is 0 Å². The van der Waals surface area contributed by atoms with E-state index in [0.29, 0.717) is 25.0 Å². The van der Waals surface area contributed by atoms with E-state index in [1.54, 1.807) is 6.07 Å². The van der Waals surface area contributed by atoms with Gasteiger partial charge in [-0.05, 0) is 37.1 Å². The van der Waals surface area contributed by atoms with Crippen LogP contribution in [0.1, 0.15) is 38.5 Å². The molecule has 190 valence electrons. The van der Waals surface area contributed by atoms with Crippen molar-refractivity contribution in [1.82, 2.24) is 4.90 Å². The Kier molecular flexibility index (Phi) is 8.16. The number of carbonyl (C=O) groups is 2. The molecule has 1 aliphatic rings. The molecule has 3 rings (SSSR count). The topological polar surface area (TPSA) is 87.1 Å². The molecule has 1 aromatic heterocycles. The Morgan fingerprint density at radius 2 is 1.91 bits per heavy atom. The summed E-state index contributed by atoms with van der Waals surface area (Å²) in [6, 6.07) is 5.08. The summed E-state index contributed by atoms with van der Waals surface area (Å²) in [7, 11) is 0. The van der Waals surface area contributed by atoms with Crippen LogP contribution in [0.15, 0.2) is 48.6 Å². The maximum absolute atomic E-state index is 14.7. The summed E-state index contributed by atoms with van der Waals surface area (Å²) in [5.74, 6) is -5.04. The average molecular weight is 519 g/mol. The van der Waals surface area contributed by atoms with E-state index >= 15 is 0 Å². The first kappa shape index (κ1) is 26.6. The molecule has 2 heterocycles. The van der Waals surface area contributed by atoms with Crippen molar-refractivity contribution in [1.29, 1.82) is 0 Å². The number of aliphatic hydroxyl groups excluding tert-OH is 1. The minimum absolute atomic E-state index is 0.0390. The number of hydrogen-bond donors (Lipinski definition) is 2. The predicted molar refractivity (Wildman–Crippen MR) is 117 cm³/mol. The number of hydrogen-bond acceptors (Lipinski definition) is 5. The second-order valence-corrected chi connectivity index (χ2v) is 9.04. The highest BCUT2D eigenvalue weighted by molar-refractivity contribution is 7.13. The van der Waals surface area contributed by atoms with E-state index in [1.807, 2.05) is 0 Å². The van der Waals surface area contributed by atoms with Crippen molar-refractivity contribution in [3.63, 3.8) is 0 Å². The lowest BCUT2D eigenvalue weighted by molar-refractivity contribution is -0.138. The van der Waals surface area contributed by atoms with Gasteiger partial charge in [0, 0.05) is 23.4 Å². The SMILES string of the molecule is O=C(O)c1ccc(CCCN2C(=O)OCC[C@@H]2C=CC(O)C(F)(F)c2cccc(C(F)(F)F)c2)s1. The zero-order chi connectivity index (χ0) is 25.8. The Morgan fingerprint density at radius 3 is 2.57 bits per heavy atom. The lowest BCUT2D eigenvalue weighted by Crippen LogP contribution is -2.45. The molecule has 6 nitrogen and oxygen atoms in total. The van der Waals surface area contributed by atoms with Crippen LogP contribution in [0, 0.1) is 0 Å². The van der Waals surface area contributed by atoms with Crippen LogP contribution in [-0.2, 0) is 23.3 Å². The quantitative estimate of drug-likeness (QED) is 0.346. The molecule has 0 aliphatic carbocycles. The van der Waals surface area contributed by atoms with Crippen molar-refractivity contribution in [2.75, 3.05) is 13.2 Å². The number of ether oxygens (including phenoxy) is 1. The van der Waals surface area contributed by atoms with Crippen LogP contribution in [-0.4, -0.2) is 52.5 Å². The van der Waals surface area contributed by atoms with Crippen LogP contribution in [0.3, 0.4) is 0 Å². The molecule has 1 fully saturated rings. The van der Waals surface area contributed by atoms with Crippen LogP contribution < -0.4 is 0 Å². The number of benzene rings is 1. The van der Waals surface area contributed by atoms with Gasteiger partial charge in [0.05, 0.1) is 18.2 Å². The Balaban J connectivity index is 1.66. The van der Waals surface area contributed by atoms with E-state index in [4.69, 9.17) is 9.84 Å². The molecule has 0 spiro atoms. The molecule has 2 N–H and O–H groups in total. The number of halogens is 5. The van der Waals surface area contributed by atoms with Crippen LogP contribution in [0.25, 0.3) is 0 Å². The Labute approximate surface area is 201 Å². The highest BCUT2D eigenvalue weighted by Crippen LogP contribution is 2.37. The van der Waals surface area contributed by atoms with Crippen molar-refractivity contribution in [2.24, 2.45) is 0 Å². The van der Waals surface area contributed by atoms with Crippen molar-refractivity contribution >= 4 is 23.4 Å². The maximum Gasteiger partial charge on any atom is 0.416 e. The standard InChI is InChI=1S/C23H22F5NO5S/c24-22(25,14-3-1-4-15(13-14)23(26,27)28)19(30)9-6-16-10-12-34-21(33)29(16)11-2-5-17-7-8-18(35-17)20(31)32/h1,3-4,6-9,13,16,19,30H,2,5,10-12H2,(H,31,32)/t16-,19?/m0/s1. The molecule has 0 radical (unpaired) electrons. The van der Waals surface area contributed by atoms with Crippen LogP contribution >= 0.6 is 11.3 Å². The second kappa shape index (κ2) is 10.7. The number of aromatic carboxylic acids is 1. The van der Waals surface area contributed by atoms with Gasteiger partial charge in [-0.15, -0.1) is 11.3 Å². The number of aliphatic hydroxyl groups is 1. The van der Waals surface area contributed by atoms with Crippen LogP contribution in [0.4, 0.5) is 26.7 Å². The third-order valence-corrected chi connectivity index (χ3v) is 6.56. The molecule has 0 bridgehead atoms. The minimum Gasteiger partial charge on any atom is -0.477 e. The zero-order valence-corrected chi connectivity index (χ0v) is 19.0. The van der Waals surface area contributed by atoms with Gasteiger partial charge < -0.3 is 19.8 Å². The number of carbonyl (C=O) groups excluding carboxylic acids is 1.